The molecule has 2 aliphatic rings. The average Bonchev–Trinajstić information content (AvgIpc) is 2.41. The van der Waals surface area contributed by atoms with Gasteiger partial charge in [-0.3, -0.25) is 4.79 Å². The van der Waals surface area contributed by atoms with Crippen LogP contribution in [0.25, 0.3) is 0 Å². The molecule has 94 valence electrons. The van der Waals surface area contributed by atoms with Gasteiger partial charge in [0, 0.05) is 6.04 Å². The van der Waals surface area contributed by atoms with Crippen molar-refractivity contribution in [3.8, 4) is 0 Å². The highest BCUT2D eigenvalue weighted by atomic mass is 16.5. The molecule has 1 heterocycles. The van der Waals surface area contributed by atoms with E-state index in [-0.39, 0.29) is 17.9 Å². The maximum absolute atomic E-state index is 12.0. The molecule has 2 atom stereocenters. The number of nitrogens with one attached hydrogen (secondary N) is 1. The van der Waals surface area contributed by atoms with E-state index in [1.54, 1.807) is 0 Å². The number of hydrogen-bond donors (Lipinski definition) is 1. The van der Waals surface area contributed by atoms with Crippen molar-refractivity contribution in [3.63, 3.8) is 0 Å². The van der Waals surface area contributed by atoms with Gasteiger partial charge in [0.2, 0.25) is 0 Å². The van der Waals surface area contributed by atoms with Gasteiger partial charge < -0.3 is 10.1 Å². The quantitative estimate of drug-likeness (QED) is 0.762. The second-order valence-corrected chi connectivity index (χ2v) is 4.74. The Balaban J connectivity index is 2.14. The minimum Gasteiger partial charge on any atom is -0.469 e. The first-order valence-electron chi connectivity index (χ1n) is 6.50. The van der Waals surface area contributed by atoms with Gasteiger partial charge in [-0.15, -0.1) is 0 Å². The zero-order valence-corrected chi connectivity index (χ0v) is 10.4. The van der Waals surface area contributed by atoms with Crippen LogP contribution < -0.4 is 5.32 Å². The summed E-state index contributed by atoms with van der Waals surface area (Å²) in [4.78, 5) is 12.0. The van der Waals surface area contributed by atoms with Gasteiger partial charge in [0.25, 0.3) is 0 Å². The first-order chi connectivity index (χ1) is 8.33. The van der Waals surface area contributed by atoms with Gasteiger partial charge in [-0.05, 0) is 37.8 Å². The molecule has 1 fully saturated rings. The normalized spacial score (nSPS) is 26.2. The number of carbonyl (C=O) groups excluding carboxylic acids is 1. The van der Waals surface area contributed by atoms with E-state index >= 15 is 0 Å². The summed E-state index contributed by atoms with van der Waals surface area (Å²) in [5.41, 5.74) is 1.13. The number of allylic oxidation sites excluding steroid dienone is 3. The van der Waals surface area contributed by atoms with Crippen molar-refractivity contribution < 1.29 is 9.53 Å². The molecule has 1 aliphatic heterocycles. The maximum Gasteiger partial charge on any atom is 0.314 e. The summed E-state index contributed by atoms with van der Waals surface area (Å²) in [6.45, 7) is 1.01. The fraction of sp³-hybridized carbons (Fsp3) is 0.643. The van der Waals surface area contributed by atoms with Crippen molar-refractivity contribution >= 4 is 5.97 Å². The first kappa shape index (κ1) is 12.4. The average molecular weight is 235 g/mol. The summed E-state index contributed by atoms with van der Waals surface area (Å²) < 4.78 is 4.97. The Kier molecular flexibility index (Phi) is 4.37. The molecule has 0 aromatic rings. The van der Waals surface area contributed by atoms with Crippen LogP contribution in [0.4, 0.5) is 0 Å². The van der Waals surface area contributed by atoms with Crippen molar-refractivity contribution in [1.82, 2.24) is 5.32 Å². The summed E-state index contributed by atoms with van der Waals surface area (Å²) in [7, 11) is 1.48. The fourth-order valence-corrected chi connectivity index (χ4v) is 2.69. The highest BCUT2D eigenvalue weighted by Crippen LogP contribution is 2.27. The van der Waals surface area contributed by atoms with E-state index in [9.17, 15) is 4.79 Å². The van der Waals surface area contributed by atoms with Gasteiger partial charge in [-0.2, -0.15) is 0 Å². The molecular formula is C14H21NO2. The van der Waals surface area contributed by atoms with Crippen LogP contribution in [0.1, 0.15) is 32.1 Å². The Bertz CT molecular complexity index is 327. The number of ether oxygens (including phenoxy) is 1. The van der Waals surface area contributed by atoms with Crippen molar-refractivity contribution in [3.05, 3.63) is 23.8 Å². The molecule has 0 saturated carbocycles. The molecule has 3 heteroatoms. The minimum absolute atomic E-state index is 0.109. The molecule has 1 N–H and O–H groups in total. The Hall–Kier alpha value is -1.09. The van der Waals surface area contributed by atoms with Crippen LogP contribution in [0.2, 0.25) is 0 Å². The van der Waals surface area contributed by atoms with Crippen LogP contribution in [0.5, 0.6) is 0 Å². The van der Waals surface area contributed by atoms with Crippen LogP contribution >= 0.6 is 0 Å². The number of rotatable bonds is 3. The summed E-state index contributed by atoms with van der Waals surface area (Å²) in [5, 5.41) is 3.46. The van der Waals surface area contributed by atoms with Crippen LogP contribution in [0, 0.1) is 5.92 Å². The van der Waals surface area contributed by atoms with Gasteiger partial charge in [0.05, 0.1) is 13.0 Å². The number of esters is 1. The predicted octanol–water partition coefficient (Wildman–Crippen LogP) is 2.19. The van der Waals surface area contributed by atoms with Crippen LogP contribution in [0.15, 0.2) is 23.8 Å². The Labute approximate surface area is 103 Å². The van der Waals surface area contributed by atoms with Crippen molar-refractivity contribution in [2.24, 2.45) is 5.92 Å². The summed E-state index contributed by atoms with van der Waals surface area (Å²) in [6.07, 6.45) is 12.0. The molecule has 1 saturated heterocycles. The number of piperidine rings is 1. The maximum atomic E-state index is 12.0. The molecule has 17 heavy (non-hydrogen) atoms. The second-order valence-electron chi connectivity index (χ2n) is 4.74. The molecule has 0 radical (unpaired) electrons. The van der Waals surface area contributed by atoms with Gasteiger partial charge in [-0.25, -0.2) is 0 Å². The SMILES string of the molecule is COC(=O)C(C1=CCCC=C1)C1CCCCN1. The van der Waals surface area contributed by atoms with E-state index in [0.717, 1.165) is 31.4 Å². The standard InChI is InChI=1S/C14H21NO2/c1-17-14(16)13(11-7-3-2-4-8-11)12-9-5-6-10-15-12/h3,7-8,12-13,15H,2,4-6,9-10H2,1H3. The van der Waals surface area contributed by atoms with E-state index in [1.165, 1.54) is 20.0 Å². The molecule has 2 rings (SSSR count). The Morgan fingerprint density at radius 1 is 1.47 bits per heavy atom. The largest absolute Gasteiger partial charge is 0.469 e. The molecule has 0 amide bonds. The molecule has 2 unspecified atom stereocenters. The van der Waals surface area contributed by atoms with Gasteiger partial charge >= 0.3 is 5.97 Å². The van der Waals surface area contributed by atoms with Gasteiger partial charge in [0.1, 0.15) is 0 Å². The Morgan fingerprint density at radius 3 is 2.94 bits per heavy atom. The van der Waals surface area contributed by atoms with Gasteiger partial charge in [0.15, 0.2) is 0 Å². The fourth-order valence-electron chi connectivity index (χ4n) is 2.69. The third-order valence-corrected chi connectivity index (χ3v) is 3.59. The summed E-state index contributed by atoms with van der Waals surface area (Å²) >= 11 is 0. The minimum atomic E-state index is -0.128. The monoisotopic (exact) mass is 235 g/mol. The van der Waals surface area contributed by atoms with Crippen molar-refractivity contribution in [1.29, 1.82) is 0 Å². The van der Waals surface area contributed by atoms with Crippen LogP contribution in [0.3, 0.4) is 0 Å². The second kappa shape index (κ2) is 6.01. The third kappa shape index (κ3) is 2.97. The van der Waals surface area contributed by atoms with E-state index in [2.05, 4.69) is 23.5 Å². The molecule has 0 aromatic carbocycles. The smallest absolute Gasteiger partial charge is 0.314 e. The zero-order chi connectivity index (χ0) is 12.1. The van der Waals surface area contributed by atoms with Crippen molar-refractivity contribution in [2.45, 2.75) is 38.1 Å². The summed E-state index contributed by atoms with van der Waals surface area (Å²) in [6, 6.07) is 0.241. The topological polar surface area (TPSA) is 38.3 Å². The van der Waals surface area contributed by atoms with Crippen LogP contribution in [-0.2, 0) is 9.53 Å². The highest BCUT2D eigenvalue weighted by molar-refractivity contribution is 5.77. The third-order valence-electron chi connectivity index (χ3n) is 3.59. The number of methoxy groups -OCH3 is 1. The van der Waals surface area contributed by atoms with E-state index in [0.29, 0.717) is 0 Å². The number of hydrogen-bond acceptors (Lipinski definition) is 3. The molecule has 0 spiro atoms. The highest BCUT2D eigenvalue weighted by Gasteiger charge is 2.32. The van der Waals surface area contributed by atoms with Gasteiger partial charge in [-0.1, -0.05) is 24.6 Å². The lowest BCUT2D eigenvalue weighted by Crippen LogP contribution is -2.44. The number of carbonyl (C=O) groups is 1. The lowest BCUT2D eigenvalue weighted by Gasteiger charge is -2.31. The predicted molar refractivity (Wildman–Crippen MR) is 67.6 cm³/mol. The van der Waals surface area contributed by atoms with E-state index in [4.69, 9.17) is 4.74 Å². The lowest BCUT2D eigenvalue weighted by atomic mass is 9.84. The lowest BCUT2D eigenvalue weighted by molar-refractivity contribution is -0.145. The molecule has 3 nitrogen and oxygen atoms in total. The summed E-state index contributed by atoms with van der Waals surface area (Å²) in [5.74, 6) is -0.237. The Morgan fingerprint density at radius 2 is 2.35 bits per heavy atom. The van der Waals surface area contributed by atoms with E-state index in [1.807, 2.05) is 0 Å². The molecule has 0 bridgehead atoms. The zero-order valence-electron chi connectivity index (χ0n) is 10.4. The first-order valence-corrected chi connectivity index (χ1v) is 6.50. The van der Waals surface area contributed by atoms with Crippen molar-refractivity contribution in [2.75, 3.05) is 13.7 Å². The molecular weight excluding hydrogens is 214 g/mol. The van der Waals surface area contributed by atoms with E-state index < -0.39 is 0 Å². The molecule has 0 aromatic heterocycles. The van der Waals surface area contributed by atoms with Crippen LogP contribution in [-0.4, -0.2) is 25.7 Å². The molecule has 1 aliphatic carbocycles.